The first-order chi connectivity index (χ1) is 16.7. The van der Waals surface area contributed by atoms with Crippen LogP contribution in [0.4, 0.5) is 5.95 Å². The number of hydrogen-bond donors (Lipinski definition) is 4. The zero-order chi connectivity index (χ0) is 27.4. The zero-order valence-electron chi connectivity index (χ0n) is 21.1. The molecule has 1 aromatic heterocycles. The number of allylic oxidation sites excluding steroid dienone is 4. The first-order valence-corrected chi connectivity index (χ1v) is 11.9. The number of aromatic amines is 1. The number of terminal acetylenes is 1. The second kappa shape index (κ2) is 20.3. The Morgan fingerprint density at radius 3 is 2.37 bits per heavy atom. The van der Waals surface area contributed by atoms with Crippen LogP contribution in [0.15, 0.2) is 48.7 Å². The highest BCUT2D eigenvalue weighted by Gasteiger charge is 2.14. The lowest BCUT2D eigenvalue weighted by Crippen LogP contribution is -2.07. The summed E-state index contributed by atoms with van der Waals surface area (Å²) < 4.78 is 0.264. The molecule has 1 heterocycles. The van der Waals surface area contributed by atoms with Gasteiger partial charge in [0.15, 0.2) is 0 Å². The van der Waals surface area contributed by atoms with Gasteiger partial charge in [-0.3, -0.25) is 4.79 Å². The lowest BCUT2D eigenvalue weighted by molar-refractivity contribution is -0.104. The quantitative estimate of drug-likeness (QED) is 0.104. The topological polar surface area (TPSA) is 95.8 Å². The van der Waals surface area contributed by atoms with E-state index in [4.69, 9.17) is 47.6 Å². The number of aromatic nitrogens is 2. The van der Waals surface area contributed by atoms with Gasteiger partial charge in [0.1, 0.15) is 10.9 Å². The second-order valence-corrected chi connectivity index (χ2v) is 7.43. The summed E-state index contributed by atoms with van der Waals surface area (Å²) >= 11 is 17.3. The van der Waals surface area contributed by atoms with Crippen LogP contribution >= 0.6 is 35.4 Å². The van der Waals surface area contributed by atoms with Crippen LogP contribution in [0.3, 0.4) is 0 Å². The summed E-state index contributed by atoms with van der Waals surface area (Å²) in [4.78, 5) is 17.9. The van der Waals surface area contributed by atoms with Crippen molar-refractivity contribution in [2.45, 2.75) is 34.1 Å². The molecule has 0 saturated carbocycles. The molecule has 0 amide bonds. The number of nitrogens with one attached hydrogen (secondary N) is 3. The molecular weight excluding hydrogens is 501 g/mol. The van der Waals surface area contributed by atoms with Crippen molar-refractivity contribution in [3.05, 3.63) is 69.0 Å². The van der Waals surface area contributed by atoms with Crippen LogP contribution in [0.1, 0.15) is 39.7 Å². The molecule has 35 heavy (non-hydrogen) atoms. The van der Waals surface area contributed by atoms with E-state index in [9.17, 15) is 4.79 Å². The minimum atomic E-state index is 0.215. The first kappa shape index (κ1) is 34.1. The normalized spacial score (nSPS) is 10.0. The minimum absolute atomic E-state index is 0.215. The number of aldehydes is 1. The fourth-order valence-corrected chi connectivity index (χ4v) is 2.81. The van der Waals surface area contributed by atoms with Crippen LogP contribution in [-0.4, -0.2) is 30.3 Å². The number of nitrogens with zero attached hydrogens (tertiary/aromatic N) is 1. The van der Waals surface area contributed by atoms with E-state index >= 15 is 0 Å². The van der Waals surface area contributed by atoms with Crippen LogP contribution in [0, 0.1) is 17.0 Å². The van der Waals surface area contributed by atoms with Crippen molar-refractivity contribution in [3.8, 4) is 23.6 Å². The lowest BCUT2D eigenvalue weighted by Gasteiger charge is -2.13. The van der Waals surface area contributed by atoms with E-state index in [2.05, 4.69) is 33.1 Å². The molecule has 2 aromatic rings. The number of carbonyl (C=O) groups excluding carboxylic acids is 1. The van der Waals surface area contributed by atoms with Gasteiger partial charge in [0.2, 0.25) is 5.95 Å². The Bertz CT molecular complexity index is 1100. The van der Waals surface area contributed by atoms with E-state index < -0.39 is 0 Å². The summed E-state index contributed by atoms with van der Waals surface area (Å²) in [5.41, 5.74) is 9.04. The van der Waals surface area contributed by atoms with Crippen molar-refractivity contribution >= 4 is 53.4 Å². The first-order valence-electron chi connectivity index (χ1n) is 10.7. The Morgan fingerprint density at radius 1 is 1.31 bits per heavy atom. The van der Waals surface area contributed by atoms with Crippen LogP contribution in [0.2, 0.25) is 10.0 Å². The third kappa shape index (κ3) is 12.8. The molecule has 0 fully saturated rings. The number of carbonyl (C=O) groups is 1. The molecule has 0 atom stereocenters. The zero-order valence-corrected chi connectivity index (χ0v) is 23.5. The number of benzene rings is 1. The molecule has 0 saturated heterocycles. The highest BCUT2D eigenvalue weighted by atomic mass is 35.5. The summed E-state index contributed by atoms with van der Waals surface area (Å²) in [5, 5.41) is 6.67. The van der Waals surface area contributed by atoms with Crippen molar-refractivity contribution in [1.29, 1.82) is 0 Å². The summed E-state index contributed by atoms with van der Waals surface area (Å²) in [6, 6.07) is 5.12. The maximum absolute atomic E-state index is 10.7. The van der Waals surface area contributed by atoms with E-state index in [0.29, 0.717) is 40.0 Å². The molecule has 2 rings (SSSR count). The van der Waals surface area contributed by atoms with Crippen LogP contribution < -0.4 is 16.4 Å². The Kier molecular flexibility index (Phi) is 19.8. The van der Waals surface area contributed by atoms with Gasteiger partial charge >= 0.3 is 0 Å². The van der Waals surface area contributed by atoms with Gasteiger partial charge < -0.3 is 21.4 Å². The molecule has 9 heteroatoms. The molecule has 1 aromatic carbocycles. The molecule has 6 nitrogen and oxygen atoms in total. The van der Waals surface area contributed by atoms with Gasteiger partial charge in [0.05, 0.1) is 21.3 Å². The number of H-pyrrole nitrogens is 1. The Balaban J connectivity index is 0. The maximum Gasteiger partial charge on any atom is 0.201 e. The van der Waals surface area contributed by atoms with E-state index in [0.717, 1.165) is 11.3 Å². The molecule has 190 valence electrons. The van der Waals surface area contributed by atoms with Gasteiger partial charge in [-0.05, 0) is 26.0 Å². The van der Waals surface area contributed by atoms with E-state index in [1.54, 1.807) is 31.3 Å². The van der Waals surface area contributed by atoms with Crippen LogP contribution in [-0.2, 0) is 4.79 Å². The Labute approximate surface area is 224 Å². The van der Waals surface area contributed by atoms with Crippen molar-refractivity contribution in [2.75, 3.05) is 19.4 Å². The summed E-state index contributed by atoms with van der Waals surface area (Å²) in [5.74, 6) is 2.98. The lowest BCUT2D eigenvalue weighted by atomic mass is 10.0. The monoisotopic (exact) mass is 535 g/mol. The van der Waals surface area contributed by atoms with Gasteiger partial charge in [-0.25, -0.2) is 4.98 Å². The van der Waals surface area contributed by atoms with Gasteiger partial charge in [-0.1, -0.05) is 67.5 Å². The number of halogens is 2. The van der Waals surface area contributed by atoms with Crippen molar-refractivity contribution < 1.29 is 4.79 Å². The van der Waals surface area contributed by atoms with Gasteiger partial charge in [0.25, 0.3) is 0 Å². The standard InChI is InChI=1S/C14H12Cl2N4OS.C7H11N.C3H6.C2H6/c1-18-14-19-12(7-2-3-8(15)9(16)6-7)11(13(22)20-14)10(17)4-5-21;1-4-5-6-7(2)8-3;1-3-2;1-2/h2-6H,17H2,1H3,(H2,18,19,20,22);1,6,8H,5H2,2-3H3;3H,1H2,2H3;1-2H3/b10-4-;7-6+;;. The number of hydrogen-bond acceptors (Lipinski definition) is 6. The van der Waals surface area contributed by atoms with Crippen LogP contribution in [0.25, 0.3) is 17.0 Å². The molecule has 0 aliphatic heterocycles. The molecule has 5 N–H and O–H groups in total. The number of nitrogens with two attached hydrogens (primary N) is 1. The fourth-order valence-electron chi connectivity index (χ4n) is 2.20. The highest BCUT2D eigenvalue weighted by molar-refractivity contribution is 7.71. The van der Waals surface area contributed by atoms with Crippen molar-refractivity contribution in [3.63, 3.8) is 0 Å². The van der Waals surface area contributed by atoms with Crippen molar-refractivity contribution in [1.82, 2.24) is 15.3 Å². The van der Waals surface area contributed by atoms with Gasteiger partial charge in [-0.2, -0.15) is 0 Å². The molecular formula is C26H35Cl2N5OS. The molecule has 0 aliphatic rings. The van der Waals surface area contributed by atoms with Gasteiger partial charge in [0, 0.05) is 43.5 Å². The SMILES string of the molecule is C#CC/C=C(\C)NC.C=CC.CC.CNc1nc(=S)c(/C(N)=C/C=O)c(-c2ccc(Cl)c(Cl)c2)[nH]1. The second-order valence-electron chi connectivity index (χ2n) is 6.23. The maximum atomic E-state index is 10.7. The summed E-state index contributed by atoms with van der Waals surface area (Å²) in [7, 11) is 3.58. The van der Waals surface area contributed by atoms with Crippen molar-refractivity contribution in [2.24, 2.45) is 5.73 Å². The average molecular weight is 537 g/mol. The fraction of sp³-hybridized carbons (Fsp3) is 0.269. The highest BCUT2D eigenvalue weighted by Crippen LogP contribution is 2.31. The van der Waals surface area contributed by atoms with Crippen LogP contribution in [0.5, 0.6) is 0 Å². The largest absolute Gasteiger partial charge is 0.398 e. The minimum Gasteiger partial charge on any atom is -0.398 e. The summed E-state index contributed by atoms with van der Waals surface area (Å²) in [6.45, 7) is 11.2. The molecule has 0 spiro atoms. The smallest absolute Gasteiger partial charge is 0.201 e. The molecule has 0 unspecified atom stereocenters. The molecule has 0 radical (unpaired) electrons. The number of rotatable bonds is 6. The number of anilines is 1. The average Bonchev–Trinajstić information content (AvgIpc) is 2.85. The Hall–Kier alpha value is -3.05. The molecule has 0 aliphatic carbocycles. The Morgan fingerprint density at radius 2 is 1.91 bits per heavy atom. The van der Waals surface area contributed by atoms with E-state index in [1.807, 2.05) is 40.8 Å². The van der Waals surface area contributed by atoms with E-state index in [1.165, 1.54) is 6.08 Å². The predicted octanol–water partition coefficient (Wildman–Crippen LogP) is 7.00. The predicted molar refractivity (Wildman–Crippen MR) is 156 cm³/mol. The van der Waals surface area contributed by atoms with E-state index in [-0.39, 0.29) is 10.3 Å². The van der Waals surface area contributed by atoms with Gasteiger partial charge in [-0.15, -0.1) is 18.9 Å². The summed E-state index contributed by atoms with van der Waals surface area (Å²) in [6.07, 6.45) is 11.3. The third-order valence-electron chi connectivity index (χ3n) is 3.82. The molecule has 0 bridgehead atoms. The third-order valence-corrected chi connectivity index (χ3v) is 4.86.